The summed E-state index contributed by atoms with van der Waals surface area (Å²) in [5, 5.41) is 18.8. The van der Waals surface area contributed by atoms with E-state index in [0.717, 1.165) is 5.56 Å². The van der Waals surface area contributed by atoms with E-state index in [2.05, 4.69) is 48.3 Å². The summed E-state index contributed by atoms with van der Waals surface area (Å²) >= 11 is 0. The predicted octanol–water partition coefficient (Wildman–Crippen LogP) is 3.93. The molecular weight excluding hydrogens is 408 g/mol. The van der Waals surface area contributed by atoms with E-state index >= 15 is 0 Å². The lowest BCUT2D eigenvalue weighted by Crippen LogP contribution is -2.31. The molecule has 0 saturated heterocycles. The second kappa shape index (κ2) is 7.60. The van der Waals surface area contributed by atoms with Crippen LogP contribution in [0.2, 0.25) is 0 Å². The molecule has 1 atom stereocenters. The molecule has 4 rings (SSSR count). The van der Waals surface area contributed by atoms with Crippen LogP contribution in [0.1, 0.15) is 44.9 Å². The van der Waals surface area contributed by atoms with E-state index in [-0.39, 0.29) is 11.1 Å². The first kappa shape index (κ1) is 21.2. The Morgan fingerprint density at radius 2 is 1.75 bits per heavy atom. The number of benzene rings is 2. The molecule has 0 spiro atoms. The summed E-state index contributed by atoms with van der Waals surface area (Å²) in [4.78, 5) is 27.5. The third-order valence-corrected chi connectivity index (χ3v) is 5.55. The van der Waals surface area contributed by atoms with Crippen molar-refractivity contribution < 1.29 is 9.72 Å². The summed E-state index contributed by atoms with van der Waals surface area (Å²) in [7, 11) is 0. The number of nitrogens with one attached hydrogen (secondary N) is 1. The van der Waals surface area contributed by atoms with Gasteiger partial charge in [0.2, 0.25) is 11.9 Å². The molecule has 9 heteroatoms. The predicted molar refractivity (Wildman–Crippen MR) is 121 cm³/mol. The summed E-state index contributed by atoms with van der Waals surface area (Å²) < 4.78 is 1.60. The Kier molecular flexibility index (Phi) is 5.04. The highest BCUT2D eigenvalue weighted by Crippen LogP contribution is 2.36. The van der Waals surface area contributed by atoms with Gasteiger partial charge in [-0.05, 0) is 35.6 Å². The van der Waals surface area contributed by atoms with Crippen molar-refractivity contribution in [1.82, 2.24) is 14.8 Å². The molecule has 164 valence electrons. The Balaban J connectivity index is 1.80. The van der Waals surface area contributed by atoms with Gasteiger partial charge in [0.15, 0.2) is 5.82 Å². The van der Waals surface area contributed by atoms with Crippen LogP contribution in [0, 0.1) is 10.1 Å². The molecule has 2 aromatic carbocycles. The summed E-state index contributed by atoms with van der Waals surface area (Å²) in [6, 6.07) is 13.4. The number of nitrogens with two attached hydrogens (primary N) is 1. The van der Waals surface area contributed by atoms with Gasteiger partial charge in [-0.15, -0.1) is 5.10 Å². The van der Waals surface area contributed by atoms with Gasteiger partial charge >= 0.3 is 0 Å². The zero-order valence-corrected chi connectivity index (χ0v) is 18.3. The number of fused-ring (bicyclic) bond motifs is 1. The van der Waals surface area contributed by atoms with Gasteiger partial charge in [-0.1, -0.05) is 45.0 Å². The molecule has 0 fully saturated rings. The summed E-state index contributed by atoms with van der Waals surface area (Å²) in [6.45, 7) is 8.19. The standard InChI is InChI=1S/C23H24N6O3/c1-13-18(20(24)30)19(14-7-11-17(12-8-14)29(31)32)28-22(25-13)26-21(27-28)15-5-9-16(10-6-15)23(2,3)4/h5-12,19H,1-4H3,(H2,24,30)(H,25,26,27). The van der Waals surface area contributed by atoms with E-state index in [0.29, 0.717) is 28.6 Å². The molecule has 1 aliphatic rings. The summed E-state index contributed by atoms with van der Waals surface area (Å²) in [6.07, 6.45) is 0. The number of non-ortho nitro benzene ring substituents is 1. The molecule has 0 radical (unpaired) electrons. The van der Waals surface area contributed by atoms with E-state index in [4.69, 9.17) is 5.73 Å². The first-order chi connectivity index (χ1) is 15.1. The molecule has 9 nitrogen and oxygen atoms in total. The van der Waals surface area contributed by atoms with Crippen LogP contribution in [0.5, 0.6) is 0 Å². The summed E-state index contributed by atoms with van der Waals surface area (Å²) in [5.74, 6) is 0.361. The van der Waals surface area contributed by atoms with E-state index in [1.807, 2.05) is 12.1 Å². The van der Waals surface area contributed by atoms with E-state index < -0.39 is 16.9 Å². The van der Waals surface area contributed by atoms with Crippen LogP contribution in [0.25, 0.3) is 11.4 Å². The highest BCUT2D eigenvalue weighted by Gasteiger charge is 2.33. The van der Waals surface area contributed by atoms with Crippen LogP contribution >= 0.6 is 0 Å². The zero-order chi connectivity index (χ0) is 23.2. The molecule has 1 aromatic heterocycles. The van der Waals surface area contributed by atoms with Crippen molar-refractivity contribution >= 4 is 17.5 Å². The van der Waals surface area contributed by atoms with Gasteiger partial charge in [-0.2, -0.15) is 4.98 Å². The lowest BCUT2D eigenvalue weighted by atomic mass is 9.87. The highest BCUT2D eigenvalue weighted by molar-refractivity contribution is 5.95. The van der Waals surface area contributed by atoms with Crippen LogP contribution in [-0.2, 0) is 10.2 Å². The van der Waals surface area contributed by atoms with Crippen LogP contribution in [0.3, 0.4) is 0 Å². The van der Waals surface area contributed by atoms with Gasteiger partial charge in [0.1, 0.15) is 6.04 Å². The van der Waals surface area contributed by atoms with Crippen LogP contribution in [0.15, 0.2) is 59.8 Å². The van der Waals surface area contributed by atoms with Gasteiger partial charge < -0.3 is 11.1 Å². The van der Waals surface area contributed by atoms with Crippen molar-refractivity contribution in [2.45, 2.75) is 39.2 Å². The number of hydrogen-bond donors (Lipinski definition) is 2. The second-order valence-corrected chi connectivity index (χ2v) is 8.81. The van der Waals surface area contributed by atoms with Crippen molar-refractivity contribution in [2.24, 2.45) is 5.73 Å². The Morgan fingerprint density at radius 1 is 1.12 bits per heavy atom. The number of primary amides is 1. The SMILES string of the molecule is CC1=C(C(N)=O)C(c2ccc([N+](=O)[O-])cc2)n2nc(-c3ccc(C(C)(C)C)cc3)nc2N1. The third-order valence-electron chi connectivity index (χ3n) is 5.55. The monoisotopic (exact) mass is 432 g/mol. The molecular formula is C23H24N6O3. The van der Waals surface area contributed by atoms with Gasteiger partial charge in [0, 0.05) is 23.4 Å². The molecule has 0 saturated carbocycles. The number of hydrogen-bond acceptors (Lipinski definition) is 6. The van der Waals surface area contributed by atoms with E-state index in [1.165, 1.54) is 17.7 Å². The zero-order valence-electron chi connectivity index (χ0n) is 18.3. The lowest BCUT2D eigenvalue weighted by Gasteiger charge is -2.27. The molecule has 3 N–H and O–H groups in total. The second-order valence-electron chi connectivity index (χ2n) is 8.81. The number of allylic oxidation sites excluding steroid dienone is 1. The molecule has 0 aliphatic carbocycles. The Hall–Kier alpha value is -4.01. The fourth-order valence-corrected chi connectivity index (χ4v) is 3.80. The van der Waals surface area contributed by atoms with Crippen LogP contribution in [-0.4, -0.2) is 25.6 Å². The quantitative estimate of drug-likeness (QED) is 0.475. The molecule has 2 heterocycles. The van der Waals surface area contributed by atoms with Gasteiger partial charge in [-0.3, -0.25) is 14.9 Å². The topological polar surface area (TPSA) is 129 Å². The Labute approximate surface area is 185 Å². The number of carbonyl (C=O) groups is 1. The maximum Gasteiger partial charge on any atom is 0.269 e. The number of nitro groups is 1. The minimum absolute atomic E-state index is 0.0272. The van der Waals surface area contributed by atoms with Crippen LogP contribution < -0.4 is 11.1 Å². The molecule has 1 aliphatic heterocycles. The number of amides is 1. The van der Waals surface area contributed by atoms with E-state index in [1.54, 1.807) is 23.7 Å². The fourth-order valence-electron chi connectivity index (χ4n) is 3.80. The van der Waals surface area contributed by atoms with Gasteiger partial charge in [0.25, 0.3) is 5.69 Å². The van der Waals surface area contributed by atoms with Gasteiger partial charge in [-0.25, -0.2) is 4.68 Å². The molecule has 3 aromatic rings. The average molecular weight is 432 g/mol. The number of anilines is 1. The fraction of sp³-hybridized carbons (Fsp3) is 0.261. The Bertz CT molecular complexity index is 1230. The smallest absolute Gasteiger partial charge is 0.269 e. The minimum atomic E-state index is -0.653. The number of carbonyl (C=O) groups excluding carboxylic acids is 1. The number of nitrogens with zero attached hydrogens (tertiary/aromatic N) is 4. The van der Waals surface area contributed by atoms with Crippen molar-refractivity contribution in [3.05, 3.63) is 81.0 Å². The largest absolute Gasteiger partial charge is 0.366 e. The van der Waals surface area contributed by atoms with Crippen molar-refractivity contribution in [1.29, 1.82) is 0 Å². The van der Waals surface area contributed by atoms with E-state index in [9.17, 15) is 14.9 Å². The number of rotatable bonds is 4. The molecule has 1 unspecified atom stereocenters. The third kappa shape index (κ3) is 3.73. The molecule has 1 amide bonds. The maximum atomic E-state index is 12.3. The normalized spacial score (nSPS) is 15.8. The molecule has 32 heavy (non-hydrogen) atoms. The molecule has 0 bridgehead atoms. The lowest BCUT2D eigenvalue weighted by molar-refractivity contribution is -0.384. The average Bonchev–Trinajstić information content (AvgIpc) is 3.15. The van der Waals surface area contributed by atoms with Crippen molar-refractivity contribution in [2.75, 3.05) is 5.32 Å². The number of nitro benzene ring substituents is 1. The first-order valence-corrected chi connectivity index (χ1v) is 10.2. The van der Waals surface area contributed by atoms with Crippen molar-refractivity contribution in [3.8, 4) is 11.4 Å². The van der Waals surface area contributed by atoms with Crippen LogP contribution in [0.4, 0.5) is 11.6 Å². The van der Waals surface area contributed by atoms with Crippen molar-refractivity contribution in [3.63, 3.8) is 0 Å². The maximum absolute atomic E-state index is 12.3. The Morgan fingerprint density at radius 3 is 2.28 bits per heavy atom. The highest BCUT2D eigenvalue weighted by atomic mass is 16.6. The van der Waals surface area contributed by atoms with Gasteiger partial charge in [0.05, 0.1) is 10.5 Å². The number of aromatic nitrogens is 3. The first-order valence-electron chi connectivity index (χ1n) is 10.2. The summed E-state index contributed by atoms with van der Waals surface area (Å²) in [5.41, 5.74) is 9.24. The minimum Gasteiger partial charge on any atom is -0.366 e.